The van der Waals surface area contributed by atoms with E-state index in [1.807, 2.05) is 0 Å². The summed E-state index contributed by atoms with van der Waals surface area (Å²) in [5.41, 5.74) is 3.48. The molecule has 0 fully saturated rings. The van der Waals surface area contributed by atoms with Crippen LogP contribution < -0.4 is 20.2 Å². The van der Waals surface area contributed by atoms with Crippen molar-refractivity contribution < 1.29 is 23.9 Å². The van der Waals surface area contributed by atoms with Gasteiger partial charge in [-0.25, -0.2) is 10.2 Å². The summed E-state index contributed by atoms with van der Waals surface area (Å²) in [6.07, 6.45) is 1.38. The van der Waals surface area contributed by atoms with Gasteiger partial charge in [0.1, 0.15) is 0 Å². The van der Waals surface area contributed by atoms with E-state index in [0.29, 0.717) is 21.9 Å². The number of nitrogens with one attached hydrogen (secondary N) is 2. The first-order valence-corrected chi connectivity index (χ1v) is 10.6. The molecule has 0 aliphatic rings. The summed E-state index contributed by atoms with van der Waals surface area (Å²) in [5.74, 6) is -1.06. The van der Waals surface area contributed by atoms with E-state index in [2.05, 4.69) is 15.8 Å². The number of hydrogen-bond acceptors (Lipinski definition) is 6. The normalized spacial score (nSPS) is 10.6. The second kappa shape index (κ2) is 11.8. The summed E-state index contributed by atoms with van der Waals surface area (Å²) in [5, 5.41) is 7.11. The molecule has 3 aromatic rings. The van der Waals surface area contributed by atoms with Crippen molar-refractivity contribution >= 4 is 47.2 Å². The number of methoxy groups -OCH3 is 1. The molecule has 8 nitrogen and oxygen atoms in total. The third-order valence-electron chi connectivity index (χ3n) is 4.40. The Morgan fingerprint density at radius 1 is 0.971 bits per heavy atom. The van der Waals surface area contributed by atoms with E-state index < -0.39 is 17.8 Å². The Balaban J connectivity index is 1.54. The summed E-state index contributed by atoms with van der Waals surface area (Å²) in [6.45, 7) is -0.287. The van der Waals surface area contributed by atoms with Crippen LogP contribution in [0.1, 0.15) is 26.3 Å². The number of carbonyl (C=O) groups is 3. The van der Waals surface area contributed by atoms with E-state index in [0.717, 1.165) is 0 Å². The van der Waals surface area contributed by atoms with E-state index in [4.69, 9.17) is 32.7 Å². The number of hydrogen-bond donors (Lipinski definition) is 2. The monoisotopic (exact) mass is 499 g/mol. The van der Waals surface area contributed by atoms with Crippen LogP contribution in [0.2, 0.25) is 10.0 Å². The van der Waals surface area contributed by atoms with Gasteiger partial charge >= 0.3 is 5.97 Å². The van der Waals surface area contributed by atoms with Crippen LogP contribution in [0.25, 0.3) is 0 Å². The Morgan fingerprint density at radius 2 is 1.71 bits per heavy atom. The van der Waals surface area contributed by atoms with Gasteiger partial charge in [0.2, 0.25) is 0 Å². The van der Waals surface area contributed by atoms with Crippen LogP contribution in [0.5, 0.6) is 11.5 Å². The van der Waals surface area contributed by atoms with Crippen molar-refractivity contribution in [3.63, 3.8) is 0 Å². The average Bonchev–Trinajstić information content (AvgIpc) is 2.84. The highest BCUT2D eigenvalue weighted by atomic mass is 35.5. The number of halogens is 2. The second-order valence-electron chi connectivity index (χ2n) is 6.76. The number of amides is 2. The van der Waals surface area contributed by atoms with E-state index in [-0.39, 0.29) is 22.9 Å². The molecule has 0 spiro atoms. The average molecular weight is 500 g/mol. The van der Waals surface area contributed by atoms with Crippen LogP contribution in [0, 0.1) is 0 Å². The molecule has 34 heavy (non-hydrogen) atoms. The molecule has 0 atom stereocenters. The van der Waals surface area contributed by atoms with Crippen molar-refractivity contribution in [1.82, 2.24) is 10.7 Å². The molecule has 0 heterocycles. The van der Waals surface area contributed by atoms with Gasteiger partial charge in [-0.05, 0) is 60.2 Å². The quantitative estimate of drug-likeness (QED) is 0.210. The SMILES string of the molecule is COc1cc(C=NNC(=O)CNC(=O)c2ccccc2Cl)ccc1OC(=O)c1ccc(Cl)cc1. The first kappa shape index (κ1) is 24.8. The van der Waals surface area contributed by atoms with Gasteiger partial charge in [-0.15, -0.1) is 0 Å². The van der Waals surface area contributed by atoms with Gasteiger partial charge in [-0.2, -0.15) is 5.10 Å². The maximum absolute atomic E-state index is 12.3. The van der Waals surface area contributed by atoms with Gasteiger partial charge < -0.3 is 14.8 Å². The van der Waals surface area contributed by atoms with Crippen molar-refractivity contribution in [3.05, 3.63) is 93.5 Å². The predicted molar refractivity (Wildman–Crippen MR) is 129 cm³/mol. The number of ether oxygens (including phenoxy) is 2. The van der Waals surface area contributed by atoms with Crippen LogP contribution in [0.4, 0.5) is 0 Å². The lowest BCUT2D eigenvalue weighted by molar-refractivity contribution is -0.120. The molecule has 2 amide bonds. The third kappa shape index (κ3) is 6.81. The van der Waals surface area contributed by atoms with Crippen molar-refractivity contribution in [1.29, 1.82) is 0 Å². The summed E-state index contributed by atoms with van der Waals surface area (Å²) >= 11 is 11.8. The van der Waals surface area contributed by atoms with Crippen LogP contribution in [-0.4, -0.2) is 37.7 Å². The minimum absolute atomic E-state index is 0.214. The predicted octanol–water partition coefficient (Wildman–Crippen LogP) is 4.10. The molecule has 3 aromatic carbocycles. The zero-order chi connectivity index (χ0) is 24.5. The molecule has 0 aromatic heterocycles. The molecule has 0 bridgehead atoms. The fourth-order valence-electron chi connectivity index (χ4n) is 2.71. The second-order valence-corrected chi connectivity index (χ2v) is 7.61. The summed E-state index contributed by atoms with van der Waals surface area (Å²) in [7, 11) is 1.43. The third-order valence-corrected chi connectivity index (χ3v) is 4.98. The van der Waals surface area contributed by atoms with Crippen LogP contribution in [0.15, 0.2) is 71.8 Å². The Hall–Kier alpha value is -3.88. The number of benzene rings is 3. The fraction of sp³-hybridized carbons (Fsp3) is 0.0833. The van der Waals surface area contributed by atoms with Crippen molar-refractivity contribution in [3.8, 4) is 11.5 Å². The molecule has 0 saturated carbocycles. The molecule has 0 aliphatic heterocycles. The number of nitrogens with zero attached hydrogens (tertiary/aromatic N) is 1. The molecule has 10 heteroatoms. The lowest BCUT2D eigenvalue weighted by atomic mass is 10.2. The molecule has 2 N–H and O–H groups in total. The Morgan fingerprint density at radius 3 is 2.41 bits per heavy atom. The number of esters is 1. The first-order chi connectivity index (χ1) is 16.4. The van der Waals surface area contributed by atoms with Crippen molar-refractivity contribution in [2.45, 2.75) is 0 Å². The number of carbonyl (C=O) groups excluding carboxylic acids is 3. The fourth-order valence-corrected chi connectivity index (χ4v) is 3.06. The molecule has 0 radical (unpaired) electrons. The van der Waals surface area contributed by atoms with Crippen molar-refractivity contribution in [2.24, 2.45) is 5.10 Å². The standard InChI is InChI=1S/C24H19Cl2N3O5/c1-33-21-12-15(6-11-20(21)34-24(32)16-7-9-17(25)10-8-16)13-28-29-22(30)14-27-23(31)18-4-2-3-5-19(18)26/h2-13H,14H2,1H3,(H,27,31)(H,29,30). The summed E-state index contributed by atoms with van der Waals surface area (Å²) in [6, 6.07) is 17.5. The lowest BCUT2D eigenvalue weighted by Crippen LogP contribution is -2.35. The largest absolute Gasteiger partial charge is 0.493 e. The van der Waals surface area contributed by atoms with Gasteiger partial charge in [-0.3, -0.25) is 9.59 Å². The number of rotatable bonds is 8. The van der Waals surface area contributed by atoms with Crippen molar-refractivity contribution in [2.75, 3.05) is 13.7 Å². The smallest absolute Gasteiger partial charge is 0.343 e. The Labute approximate surface area is 205 Å². The van der Waals surface area contributed by atoms with Gasteiger partial charge in [0, 0.05) is 5.02 Å². The van der Waals surface area contributed by atoms with E-state index in [9.17, 15) is 14.4 Å². The van der Waals surface area contributed by atoms with E-state index in [1.54, 1.807) is 66.7 Å². The summed E-state index contributed by atoms with van der Waals surface area (Å²) in [4.78, 5) is 36.3. The molecular formula is C24H19Cl2N3O5. The van der Waals surface area contributed by atoms with Gasteiger partial charge in [0.25, 0.3) is 11.8 Å². The minimum atomic E-state index is -0.567. The maximum Gasteiger partial charge on any atom is 0.343 e. The number of hydrazone groups is 1. The Bertz CT molecular complexity index is 1230. The highest BCUT2D eigenvalue weighted by Gasteiger charge is 2.13. The molecular weight excluding hydrogens is 481 g/mol. The molecule has 3 rings (SSSR count). The highest BCUT2D eigenvalue weighted by Crippen LogP contribution is 2.28. The van der Waals surface area contributed by atoms with E-state index >= 15 is 0 Å². The van der Waals surface area contributed by atoms with Crippen LogP contribution >= 0.6 is 23.2 Å². The lowest BCUT2D eigenvalue weighted by Gasteiger charge is -2.10. The van der Waals surface area contributed by atoms with Crippen LogP contribution in [-0.2, 0) is 4.79 Å². The molecule has 0 aliphatic carbocycles. The molecule has 174 valence electrons. The van der Waals surface area contributed by atoms with Gasteiger partial charge in [-0.1, -0.05) is 35.3 Å². The topological polar surface area (TPSA) is 106 Å². The zero-order valence-corrected chi connectivity index (χ0v) is 19.4. The first-order valence-electron chi connectivity index (χ1n) is 9.88. The van der Waals surface area contributed by atoms with Crippen LogP contribution in [0.3, 0.4) is 0 Å². The van der Waals surface area contributed by atoms with Gasteiger partial charge in [0.05, 0.1) is 36.0 Å². The van der Waals surface area contributed by atoms with E-state index in [1.165, 1.54) is 13.3 Å². The Kier molecular flexibility index (Phi) is 8.61. The molecule has 0 unspecified atom stereocenters. The zero-order valence-electron chi connectivity index (χ0n) is 17.9. The minimum Gasteiger partial charge on any atom is -0.493 e. The van der Waals surface area contributed by atoms with Gasteiger partial charge in [0.15, 0.2) is 11.5 Å². The summed E-state index contributed by atoms with van der Waals surface area (Å²) < 4.78 is 10.7. The molecule has 0 saturated heterocycles. The highest BCUT2D eigenvalue weighted by molar-refractivity contribution is 6.33. The maximum atomic E-state index is 12.3.